The summed E-state index contributed by atoms with van der Waals surface area (Å²) >= 11 is 4.43. The van der Waals surface area contributed by atoms with E-state index in [-0.39, 0.29) is 35.0 Å². The molecular formula is C18H25Cl2STi. The standard InChI is InChI=1S/C18H25S.2ClH.Ti/c1-14(2)19-18(13-9-8-10-15(18)3)17(4,5)16-11-6-7-12-16;;;/h6,8-11,14H,7,13H2,1-5H3;2*1H;/q;;;+2/p-2. The molecule has 2 rings (SSSR count). The van der Waals surface area contributed by atoms with Crippen LogP contribution in [0.5, 0.6) is 0 Å². The predicted octanol–water partition coefficient (Wildman–Crippen LogP) is -0.432. The van der Waals surface area contributed by atoms with Gasteiger partial charge in [-0.3, -0.25) is 0 Å². The van der Waals surface area contributed by atoms with Gasteiger partial charge in [0.25, 0.3) is 0 Å². The zero-order chi connectivity index (χ0) is 15.0. The van der Waals surface area contributed by atoms with Crippen molar-refractivity contribution >= 4 is 11.8 Å². The minimum Gasteiger partial charge on any atom is -1.00 e. The van der Waals surface area contributed by atoms with Crippen LogP contribution >= 0.6 is 11.8 Å². The summed E-state index contributed by atoms with van der Waals surface area (Å²) in [5.41, 5.74) is 3.22. The Labute approximate surface area is 164 Å². The SMILES string of the molecule is CC1=CC=CCC1(SC(C)C)C(C)(C)C1=[C]([Ti+2])CC=C1.[Cl-].[Cl-]. The van der Waals surface area contributed by atoms with E-state index in [9.17, 15) is 0 Å². The zero-order valence-corrected chi connectivity index (χ0v) is 17.9. The topological polar surface area (TPSA) is 0 Å². The molecule has 0 nitrogen and oxygen atoms in total. The van der Waals surface area contributed by atoms with Crippen molar-refractivity contribution in [3.05, 3.63) is 45.4 Å². The Hall–Kier alpha value is 0.604. The molecule has 0 fully saturated rings. The van der Waals surface area contributed by atoms with Gasteiger partial charge in [0, 0.05) is 0 Å². The van der Waals surface area contributed by atoms with Crippen LogP contribution in [0.25, 0.3) is 0 Å². The molecule has 1 unspecified atom stereocenters. The Morgan fingerprint density at radius 2 is 1.86 bits per heavy atom. The number of hydrogen-bond acceptors (Lipinski definition) is 1. The molecule has 0 N–H and O–H groups in total. The minimum absolute atomic E-state index is 0. The van der Waals surface area contributed by atoms with E-state index in [4.69, 9.17) is 0 Å². The summed E-state index contributed by atoms with van der Waals surface area (Å²) < 4.78 is 1.72. The Balaban J connectivity index is 0.00000220. The smallest absolute Gasteiger partial charge is 1.00 e. The van der Waals surface area contributed by atoms with E-state index in [2.05, 4.69) is 97.2 Å². The van der Waals surface area contributed by atoms with Gasteiger partial charge in [-0.1, -0.05) is 0 Å². The van der Waals surface area contributed by atoms with Crippen LogP contribution in [0.3, 0.4) is 0 Å². The normalized spacial score (nSPS) is 24.3. The second kappa shape index (κ2) is 8.63. The molecule has 4 heteroatoms. The fourth-order valence-corrected chi connectivity index (χ4v) is 5.95. The third kappa shape index (κ3) is 3.98. The van der Waals surface area contributed by atoms with Crippen LogP contribution in [0.1, 0.15) is 47.5 Å². The van der Waals surface area contributed by atoms with E-state index in [1.165, 1.54) is 5.57 Å². The third-order valence-corrected chi connectivity index (χ3v) is 7.19. The molecule has 0 saturated carbocycles. The molecule has 0 heterocycles. The van der Waals surface area contributed by atoms with Gasteiger partial charge in [0.2, 0.25) is 0 Å². The van der Waals surface area contributed by atoms with E-state index < -0.39 is 0 Å². The summed E-state index contributed by atoms with van der Waals surface area (Å²) in [6, 6.07) is 0. The van der Waals surface area contributed by atoms with Gasteiger partial charge in [0.15, 0.2) is 0 Å². The van der Waals surface area contributed by atoms with E-state index in [0.29, 0.717) is 5.25 Å². The number of allylic oxidation sites excluding steroid dienone is 7. The van der Waals surface area contributed by atoms with Crippen LogP contribution < -0.4 is 24.8 Å². The van der Waals surface area contributed by atoms with E-state index >= 15 is 0 Å². The van der Waals surface area contributed by atoms with Crippen molar-refractivity contribution in [2.24, 2.45) is 5.41 Å². The molecule has 0 aliphatic heterocycles. The molecule has 0 radical (unpaired) electrons. The first kappa shape index (κ1) is 22.6. The van der Waals surface area contributed by atoms with Crippen LogP contribution in [0.4, 0.5) is 0 Å². The Morgan fingerprint density at radius 1 is 1.23 bits per heavy atom. The number of halogens is 2. The van der Waals surface area contributed by atoms with Crippen LogP contribution in [0.15, 0.2) is 45.4 Å². The van der Waals surface area contributed by atoms with Gasteiger partial charge in [0.05, 0.1) is 0 Å². The average molecular weight is 392 g/mol. The van der Waals surface area contributed by atoms with Gasteiger partial charge in [-0.15, -0.1) is 0 Å². The molecule has 0 bridgehead atoms. The fraction of sp³-hybridized carbons (Fsp3) is 0.556. The molecule has 0 aromatic heterocycles. The van der Waals surface area contributed by atoms with Crippen LogP contribution in [0, 0.1) is 5.41 Å². The molecule has 121 valence electrons. The molecule has 0 spiro atoms. The molecular weight excluding hydrogens is 367 g/mol. The van der Waals surface area contributed by atoms with Crippen molar-refractivity contribution in [2.45, 2.75) is 57.5 Å². The maximum Gasteiger partial charge on any atom is -1.00 e. The van der Waals surface area contributed by atoms with Gasteiger partial charge in [-0.2, -0.15) is 0 Å². The van der Waals surface area contributed by atoms with Crippen molar-refractivity contribution in [1.82, 2.24) is 0 Å². The number of hydrogen-bond donors (Lipinski definition) is 0. The molecule has 22 heavy (non-hydrogen) atoms. The van der Waals surface area contributed by atoms with Gasteiger partial charge in [-0.25, -0.2) is 0 Å². The van der Waals surface area contributed by atoms with Gasteiger partial charge in [-0.05, 0) is 0 Å². The van der Waals surface area contributed by atoms with Crippen LogP contribution in [-0.2, 0) is 20.4 Å². The fourth-order valence-electron chi connectivity index (χ4n) is 3.49. The van der Waals surface area contributed by atoms with Crippen molar-refractivity contribution in [3.8, 4) is 0 Å². The zero-order valence-electron chi connectivity index (χ0n) is 14.0. The third-order valence-electron chi connectivity index (χ3n) is 4.58. The Kier molecular flexibility index (Phi) is 8.86. The van der Waals surface area contributed by atoms with Crippen molar-refractivity contribution in [2.75, 3.05) is 0 Å². The first-order valence-electron chi connectivity index (χ1n) is 7.45. The quantitative estimate of drug-likeness (QED) is 0.586. The van der Waals surface area contributed by atoms with Crippen LogP contribution in [0.2, 0.25) is 0 Å². The minimum atomic E-state index is 0. The second-order valence-corrected chi connectivity index (χ2v) is 9.42. The summed E-state index contributed by atoms with van der Waals surface area (Å²) in [6.07, 6.45) is 13.8. The first-order valence-corrected chi connectivity index (χ1v) is 9.11. The summed E-state index contributed by atoms with van der Waals surface area (Å²) in [5.74, 6) is 0. The molecule has 0 amide bonds. The molecule has 2 aliphatic carbocycles. The summed E-state index contributed by atoms with van der Waals surface area (Å²) in [4.78, 5) is 0. The maximum absolute atomic E-state index is 2.44. The molecule has 2 aliphatic rings. The van der Waals surface area contributed by atoms with E-state index in [1.807, 2.05) is 0 Å². The van der Waals surface area contributed by atoms with Gasteiger partial charge in [0.1, 0.15) is 0 Å². The van der Waals surface area contributed by atoms with Crippen LogP contribution in [-0.4, -0.2) is 10.00 Å². The van der Waals surface area contributed by atoms with Gasteiger partial charge >= 0.3 is 140 Å². The van der Waals surface area contributed by atoms with E-state index in [1.54, 1.807) is 9.45 Å². The molecule has 1 atom stereocenters. The number of thioether (sulfide) groups is 1. The number of rotatable bonds is 4. The first-order chi connectivity index (χ1) is 9.31. The molecule has 0 aromatic rings. The van der Waals surface area contributed by atoms with Crippen molar-refractivity contribution in [3.63, 3.8) is 0 Å². The maximum atomic E-state index is 2.44. The average Bonchev–Trinajstić information content (AvgIpc) is 2.78. The summed E-state index contributed by atoms with van der Waals surface area (Å²) in [7, 11) is 0. The monoisotopic (exact) mass is 391 g/mol. The largest absolute Gasteiger partial charge is 1.00 e. The second-order valence-electron chi connectivity index (χ2n) is 6.60. The summed E-state index contributed by atoms with van der Waals surface area (Å²) in [6.45, 7) is 11.8. The Morgan fingerprint density at radius 3 is 2.32 bits per heavy atom. The molecule has 0 aromatic carbocycles. The predicted molar refractivity (Wildman–Crippen MR) is 87.5 cm³/mol. The molecule has 0 saturated heterocycles. The van der Waals surface area contributed by atoms with Crippen molar-refractivity contribution < 1.29 is 45.2 Å². The van der Waals surface area contributed by atoms with Gasteiger partial charge < -0.3 is 24.8 Å². The summed E-state index contributed by atoms with van der Waals surface area (Å²) in [5, 5.41) is 0.635. The van der Waals surface area contributed by atoms with Crippen molar-refractivity contribution in [1.29, 1.82) is 0 Å². The van der Waals surface area contributed by atoms with E-state index in [0.717, 1.165) is 12.8 Å². The Bertz CT molecular complexity index is 515.